The van der Waals surface area contributed by atoms with E-state index in [9.17, 15) is 9.90 Å². The predicted molar refractivity (Wildman–Crippen MR) is 89.9 cm³/mol. The summed E-state index contributed by atoms with van der Waals surface area (Å²) in [4.78, 5) is 19.4. The number of aromatic hydroxyl groups is 1. The zero-order valence-electron chi connectivity index (χ0n) is 12.3. The van der Waals surface area contributed by atoms with E-state index in [1.807, 2.05) is 43.4 Å². The molecule has 112 valence electrons. The molecule has 0 spiro atoms. The van der Waals surface area contributed by atoms with E-state index in [1.54, 1.807) is 12.1 Å². The summed E-state index contributed by atoms with van der Waals surface area (Å²) in [6.07, 6.45) is 0. The van der Waals surface area contributed by atoms with E-state index < -0.39 is 0 Å². The Morgan fingerprint density at radius 1 is 1.33 bits per heavy atom. The molecule has 0 aliphatic heterocycles. The van der Waals surface area contributed by atoms with E-state index in [4.69, 9.17) is 4.74 Å². The van der Waals surface area contributed by atoms with Crippen molar-refractivity contribution in [3.05, 3.63) is 37.8 Å². The number of aromatic nitrogens is 2. The molecule has 1 heterocycles. The fourth-order valence-electron chi connectivity index (χ4n) is 1.93. The van der Waals surface area contributed by atoms with Crippen molar-refractivity contribution in [1.82, 2.24) is 9.97 Å². The molecule has 6 heteroatoms. The van der Waals surface area contributed by atoms with E-state index >= 15 is 0 Å². The molecule has 0 fully saturated rings. The Bertz CT molecular complexity index is 733. The molecule has 0 saturated heterocycles. The monoisotopic (exact) mass is 400 g/mol. The van der Waals surface area contributed by atoms with Gasteiger partial charge in [-0.05, 0) is 40.8 Å². The zero-order chi connectivity index (χ0) is 15.8. The van der Waals surface area contributed by atoms with Crippen LogP contribution in [-0.4, -0.2) is 22.2 Å². The zero-order valence-corrected chi connectivity index (χ0v) is 14.5. The number of methoxy groups -OCH3 is 1. The Morgan fingerprint density at radius 2 is 2.00 bits per heavy atom. The van der Waals surface area contributed by atoms with Gasteiger partial charge in [-0.15, -0.1) is 0 Å². The molecule has 0 unspecified atom stereocenters. The normalized spacial score (nSPS) is 11.5. The van der Waals surface area contributed by atoms with Gasteiger partial charge in [0.15, 0.2) is 11.5 Å². The maximum absolute atomic E-state index is 12.1. The van der Waals surface area contributed by atoms with Crippen molar-refractivity contribution in [3.63, 3.8) is 0 Å². The van der Waals surface area contributed by atoms with Crippen LogP contribution in [-0.2, 0) is 5.41 Å². The van der Waals surface area contributed by atoms with Crippen LogP contribution in [0.1, 0.15) is 26.5 Å². The summed E-state index contributed by atoms with van der Waals surface area (Å²) < 4.78 is 5.60. The highest BCUT2D eigenvalue weighted by Gasteiger charge is 2.22. The van der Waals surface area contributed by atoms with Gasteiger partial charge in [-0.3, -0.25) is 4.79 Å². The van der Waals surface area contributed by atoms with E-state index in [0.717, 1.165) is 5.69 Å². The molecule has 0 radical (unpaired) electrons. The fraction of sp³-hybridized carbons (Fsp3) is 0.333. The average molecular weight is 400 g/mol. The second-order valence-electron chi connectivity index (χ2n) is 5.71. The highest BCUT2D eigenvalue weighted by Crippen LogP contribution is 2.31. The summed E-state index contributed by atoms with van der Waals surface area (Å²) in [5.41, 5.74) is 0.943. The highest BCUT2D eigenvalue weighted by atomic mass is 127. The first-order valence-electron chi connectivity index (χ1n) is 6.41. The minimum Gasteiger partial charge on any atom is -0.504 e. The van der Waals surface area contributed by atoms with E-state index in [-0.39, 0.29) is 16.7 Å². The van der Waals surface area contributed by atoms with E-state index in [2.05, 4.69) is 9.97 Å². The van der Waals surface area contributed by atoms with Gasteiger partial charge in [-0.25, -0.2) is 4.98 Å². The molecular weight excluding hydrogens is 383 g/mol. The Labute approximate surface area is 136 Å². The Balaban J connectivity index is 2.63. The Hall–Kier alpha value is -1.57. The van der Waals surface area contributed by atoms with Gasteiger partial charge in [0, 0.05) is 11.0 Å². The molecule has 0 bridgehead atoms. The quantitative estimate of drug-likeness (QED) is 0.760. The van der Waals surface area contributed by atoms with Crippen LogP contribution in [0.5, 0.6) is 11.5 Å². The van der Waals surface area contributed by atoms with Crippen molar-refractivity contribution < 1.29 is 9.84 Å². The number of hydrogen-bond donors (Lipinski definition) is 2. The van der Waals surface area contributed by atoms with Gasteiger partial charge in [0.05, 0.1) is 12.8 Å². The Morgan fingerprint density at radius 3 is 2.52 bits per heavy atom. The van der Waals surface area contributed by atoms with Gasteiger partial charge in [0.25, 0.3) is 5.56 Å². The van der Waals surface area contributed by atoms with Gasteiger partial charge in [-0.1, -0.05) is 20.8 Å². The molecule has 1 aromatic heterocycles. The summed E-state index contributed by atoms with van der Waals surface area (Å²) in [6.45, 7) is 6.02. The second kappa shape index (κ2) is 5.67. The molecule has 2 N–H and O–H groups in total. The lowest BCUT2D eigenvalue weighted by atomic mass is 9.92. The first kappa shape index (κ1) is 15.8. The van der Waals surface area contributed by atoms with Crippen LogP contribution < -0.4 is 10.3 Å². The number of nitrogens with zero attached hydrogens (tertiary/aromatic N) is 1. The van der Waals surface area contributed by atoms with Crippen molar-refractivity contribution in [2.24, 2.45) is 0 Å². The molecule has 0 amide bonds. The smallest absolute Gasteiger partial charge is 0.264 e. The van der Waals surface area contributed by atoms with Crippen LogP contribution in [0, 0.1) is 3.57 Å². The molecule has 0 saturated carbocycles. The van der Waals surface area contributed by atoms with Crippen molar-refractivity contribution in [3.8, 4) is 22.9 Å². The highest BCUT2D eigenvalue weighted by molar-refractivity contribution is 14.1. The van der Waals surface area contributed by atoms with E-state index in [0.29, 0.717) is 20.7 Å². The average Bonchev–Trinajstić information content (AvgIpc) is 2.40. The maximum atomic E-state index is 12.1. The van der Waals surface area contributed by atoms with Gasteiger partial charge in [0.2, 0.25) is 0 Å². The number of phenolic OH excluding ortho intramolecular Hbond substituents is 1. The summed E-state index contributed by atoms with van der Waals surface area (Å²) in [6, 6.07) is 4.91. The molecule has 5 nitrogen and oxygen atoms in total. The van der Waals surface area contributed by atoms with Crippen molar-refractivity contribution >= 4 is 22.6 Å². The largest absolute Gasteiger partial charge is 0.504 e. The molecule has 0 aliphatic rings. The predicted octanol–water partition coefficient (Wildman–Crippen LogP) is 3.05. The number of aromatic amines is 1. The number of H-pyrrole nitrogens is 1. The first-order valence-corrected chi connectivity index (χ1v) is 7.49. The minimum absolute atomic E-state index is 0.00788. The summed E-state index contributed by atoms with van der Waals surface area (Å²) in [5, 5.41) is 9.86. The number of halogens is 1. The van der Waals surface area contributed by atoms with Gasteiger partial charge in [0.1, 0.15) is 9.39 Å². The maximum Gasteiger partial charge on any atom is 0.264 e. The molecule has 21 heavy (non-hydrogen) atoms. The van der Waals surface area contributed by atoms with Crippen LogP contribution >= 0.6 is 22.6 Å². The lowest BCUT2D eigenvalue weighted by Crippen LogP contribution is -2.24. The van der Waals surface area contributed by atoms with Crippen LogP contribution in [0.4, 0.5) is 0 Å². The number of ether oxygens (including phenoxy) is 1. The van der Waals surface area contributed by atoms with Crippen LogP contribution in [0.3, 0.4) is 0 Å². The van der Waals surface area contributed by atoms with Crippen LogP contribution in [0.25, 0.3) is 11.4 Å². The third-order valence-electron chi connectivity index (χ3n) is 3.03. The number of hydrogen-bond acceptors (Lipinski definition) is 4. The summed E-state index contributed by atoms with van der Waals surface area (Å²) in [5.74, 6) is 0.819. The molecule has 1 aromatic carbocycles. The standard InChI is InChI=1S/C15H17IN2O3/c1-15(2,3)12-11(16)14(20)18-13(17-12)8-5-6-10(21-4)9(19)7-8/h5-7,19H,1-4H3,(H,17,18,20). The van der Waals surface area contributed by atoms with E-state index in [1.165, 1.54) is 13.2 Å². The number of benzene rings is 1. The first-order chi connectivity index (χ1) is 9.74. The van der Waals surface area contributed by atoms with Crippen molar-refractivity contribution in [1.29, 1.82) is 0 Å². The van der Waals surface area contributed by atoms with Crippen molar-refractivity contribution in [2.45, 2.75) is 26.2 Å². The third-order valence-corrected chi connectivity index (χ3v) is 4.03. The number of rotatable bonds is 2. The van der Waals surface area contributed by atoms with Gasteiger partial charge in [-0.2, -0.15) is 0 Å². The third kappa shape index (κ3) is 3.20. The molecular formula is C15H17IN2O3. The molecule has 0 atom stereocenters. The van der Waals surface area contributed by atoms with Crippen LogP contribution in [0.15, 0.2) is 23.0 Å². The fourth-order valence-corrected chi connectivity index (χ4v) is 2.99. The molecule has 0 aliphatic carbocycles. The topological polar surface area (TPSA) is 75.2 Å². The van der Waals surface area contributed by atoms with Crippen LogP contribution in [0.2, 0.25) is 0 Å². The SMILES string of the molecule is COc1ccc(-c2nc(C(C)(C)C)c(I)c(=O)[nH]2)cc1O. The lowest BCUT2D eigenvalue weighted by Gasteiger charge is -2.19. The van der Waals surface area contributed by atoms with Gasteiger partial charge >= 0.3 is 0 Å². The Kier molecular flexibility index (Phi) is 4.27. The lowest BCUT2D eigenvalue weighted by molar-refractivity contribution is 0.373. The molecule has 2 rings (SSSR count). The van der Waals surface area contributed by atoms with Crippen molar-refractivity contribution in [2.75, 3.05) is 7.11 Å². The van der Waals surface area contributed by atoms with Gasteiger partial charge < -0.3 is 14.8 Å². The minimum atomic E-state index is -0.242. The number of nitrogens with one attached hydrogen (secondary N) is 1. The summed E-state index contributed by atoms with van der Waals surface area (Å²) in [7, 11) is 1.48. The summed E-state index contributed by atoms with van der Waals surface area (Å²) >= 11 is 2.01. The second-order valence-corrected chi connectivity index (χ2v) is 6.79. The number of phenols is 1. The molecule has 2 aromatic rings.